The molecule has 5 rings (SSSR count). The summed E-state index contributed by atoms with van der Waals surface area (Å²) in [5, 5.41) is 10.5. The van der Waals surface area contributed by atoms with Crippen LogP contribution in [0.5, 0.6) is 0 Å². The number of thioether (sulfide) groups is 1. The molecule has 2 saturated heterocycles. The molecule has 0 aromatic heterocycles. The fraction of sp³-hybridized carbons (Fsp3) is 0.500. The number of nitrogens with zero attached hydrogens (tertiary/aromatic N) is 2. The Bertz CT molecular complexity index is 1110. The summed E-state index contributed by atoms with van der Waals surface area (Å²) in [5.74, 6) is -2.52. The van der Waals surface area contributed by atoms with Gasteiger partial charge in [-0.25, -0.2) is 0 Å². The van der Waals surface area contributed by atoms with Crippen LogP contribution in [0.3, 0.4) is 0 Å². The lowest BCUT2D eigenvalue weighted by atomic mass is 9.78. The molecular formula is C26H29ClN2O5S. The third-order valence-corrected chi connectivity index (χ3v) is 9.58. The van der Waals surface area contributed by atoms with Gasteiger partial charge in [-0.1, -0.05) is 61.9 Å². The van der Waals surface area contributed by atoms with E-state index in [-0.39, 0.29) is 42.7 Å². The number of para-hydroxylation sites is 1. The Morgan fingerprint density at radius 1 is 1.20 bits per heavy atom. The molecular weight excluding hydrogens is 488 g/mol. The number of halogens is 1. The minimum Gasteiger partial charge on any atom is -0.465 e. The van der Waals surface area contributed by atoms with Gasteiger partial charge in [-0.15, -0.1) is 11.8 Å². The smallest absolute Gasteiger partial charge is 0.311 e. The molecule has 186 valence electrons. The standard InChI is InChI=1S/C26H29ClN2O5S/c1-15(2)18(14-30)29-22-24(32)28(17-9-4-3-8-16(17)27)12-7-11-26(22)21(23(29)31)20-19(35-26)10-5-6-13-34-25(20)33/h3-5,7-11,15,18-22,30H,6,12-14H2,1-2H3/t18-,19-,20+,21-,22?,26-/m0/s1. The van der Waals surface area contributed by atoms with Crippen LogP contribution in [0.1, 0.15) is 20.3 Å². The van der Waals surface area contributed by atoms with Crippen LogP contribution in [-0.4, -0.2) is 69.6 Å². The molecule has 0 saturated carbocycles. The zero-order valence-corrected chi connectivity index (χ0v) is 21.2. The molecule has 2 fully saturated rings. The summed E-state index contributed by atoms with van der Waals surface area (Å²) in [6.07, 6.45) is 8.43. The van der Waals surface area contributed by atoms with Crippen molar-refractivity contribution in [2.24, 2.45) is 17.8 Å². The minimum atomic E-state index is -0.963. The van der Waals surface area contributed by atoms with Crippen molar-refractivity contribution in [1.82, 2.24) is 4.90 Å². The van der Waals surface area contributed by atoms with E-state index in [0.29, 0.717) is 17.1 Å². The summed E-state index contributed by atoms with van der Waals surface area (Å²) in [7, 11) is 0. The van der Waals surface area contributed by atoms with Gasteiger partial charge < -0.3 is 19.6 Å². The zero-order chi connectivity index (χ0) is 24.9. The zero-order valence-electron chi connectivity index (χ0n) is 19.7. The van der Waals surface area contributed by atoms with E-state index in [1.54, 1.807) is 28.0 Å². The Labute approximate surface area is 214 Å². The van der Waals surface area contributed by atoms with E-state index >= 15 is 0 Å². The molecule has 35 heavy (non-hydrogen) atoms. The maximum atomic E-state index is 14.3. The van der Waals surface area contributed by atoms with Gasteiger partial charge in [0.05, 0.1) is 46.5 Å². The number of cyclic esters (lactones) is 1. The fourth-order valence-corrected chi connectivity index (χ4v) is 8.14. The lowest BCUT2D eigenvalue weighted by molar-refractivity contribution is -0.153. The Balaban J connectivity index is 1.68. The van der Waals surface area contributed by atoms with Crippen LogP contribution in [0.15, 0.2) is 48.6 Å². The van der Waals surface area contributed by atoms with E-state index in [1.807, 2.05) is 44.2 Å². The predicted molar refractivity (Wildman–Crippen MR) is 135 cm³/mol. The number of hydrogen-bond acceptors (Lipinski definition) is 6. The lowest BCUT2D eigenvalue weighted by Gasteiger charge is -2.40. The molecule has 0 radical (unpaired) electrons. The summed E-state index contributed by atoms with van der Waals surface area (Å²) in [6.45, 7) is 4.11. The van der Waals surface area contributed by atoms with Crippen molar-refractivity contribution in [3.63, 3.8) is 0 Å². The molecule has 0 bridgehead atoms. The number of fused-ring (bicyclic) bond motifs is 2. The first-order valence-corrected chi connectivity index (χ1v) is 13.3. The number of carbonyl (C=O) groups is 3. The van der Waals surface area contributed by atoms with E-state index in [9.17, 15) is 19.5 Å². The van der Waals surface area contributed by atoms with Gasteiger partial charge in [0.1, 0.15) is 6.04 Å². The molecule has 4 aliphatic rings. The molecule has 1 unspecified atom stereocenters. The molecule has 6 atom stereocenters. The van der Waals surface area contributed by atoms with Crippen LogP contribution in [-0.2, 0) is 19.1 Å². The Morgan fingerprint density at radius 3 is 2.69 bits per heavy atom. The molecule has 0 aliphatic carbocycles. The molecule has 1 aromatic rings. The Kier molecular flexibility index (Phi) is 6.48. The maximum absolute atomic E-state index is 14.3. The van der Waals surface area contributed by atoms with Crippen molar-refractivity contribution >= 4 is 46.8 Å². The van der Waals surface area contributed by atoms with Crippen LogP contribution in [0, 0.1) is 17.8 Å². The SMILES string of the molecule is CC(C)[C@H](CO)N1C(=O)[C@@H]2[C@@H]3C(=O)OCCC=C[C@@H]3S[C@@]23C=CCN(c2ccccc2Cl)C(=O)C13. The average Bonchev–Trinajstić information content (AvgIpc) is 3.19. The van der Waals surface area contributed by atoms with Crippen LogP contribution < -0.4 is 4.90 Å². The summed E-state index contributed by atoms with van der Waals surface area (Å²) in [5.41, 5.74) is 0.565. The monoisotopic (exact) mass is 516 g/mol. The highest BCUT2D eigenvalue weighted by atomic mass is 35.5. The summed E-state index contributed by atoms with van der Waals surface area (Å²) in [4.78, 5) is 44.8. The van der Waals surface area contributed by atoms with Crippen LogP contribution in [0.25, 0.3) is 0 Å². The number of anilines is 1. The first-order valence-electron chi connectivity index (χ1n) is 12.0. The number of benzene rings is 1. The Morgan fingerprint density at radius 2 is 1.97 bits per heavy atom. The highest BCUT2D eigenvalue weighted by molar-refractivity contribution is 8.02. The molecule has 4 aliphatic heterocycles. The quantitative estimate of drug-likeness (QED) is 0.489. The number of likely N-dealkylation sites (tertiary alicyclic amines) is 1. The molecule has 7 nitrogen and oxygen atoms in total. The number of hydrogen-bond donors (Lipinski definition) is 1. The average molecular weight is 517 g/mol. The van der Waals surface area contributed by atoms with Gasteiger partial charge in [0.25, 0.3) is 5.91 Å². The van der Waals surface area contributed by atoms with E-state index in [0.717, 1.165) is 0 Å². The molecule has 4 heterocycles. The van der Waals surface area contributed by atoms with Gasteiger partial charge in [-0.05, 0) is 24.5 Å². The van der Waals surface area contributed by atoms with Gasteiger partial charge in [-0.3, -0.25) is 14.4 Å². The first kappa shape index (κ1) is 24.4. The van der Waals surface area contributed by atoms with Gasteiger partial charge in [0.2, 0.25) is 5.91 Å². The second-order valence-corrected chi connectivity index (χ2v) is 11.7. The maximum Gasteiger partial charge on any atom is 0.311 e. The third kappa shape index (κ3) is 3.72. The van der Waals surface area contributed by atoms with Crippen molar-refractivity contribution in [2.45, 2.75) is 42.3 Å². The van der Waals surface area contributed by atoms with Crippen LogP contribution in [0.4, 0.5) is 5.69 Å². The highest BCUT2D eigenvalue weighted by Gasteiger charge is 2.72. The number of rotatable bonds is 4. The van der Waals surface area contributed by atoms with E-state index in [2.05, 4.69) is 0 Å². The van der Waals surface area contributed by atoms with Crippen LogP contribution >= 0.6 is 23.4 Å². The van der Waals surface area contributed by atoms with Crippen molar-refractivity contribution in [3.05, 3.63) is 53.6 Å². The normalized spacial score (nSPS) is 33.1. The number of ether oxygens (including phenoxy) is 1. The molecule has 2 amide bonds. The Hall–Kier alpha value is -2.29. The molecule has 1 spiro atoms. The number of aliphatic hydroxyl groups is 1. The number of amides is 2. The van der Waals surface area contributed by atoms with E-state index in [4.69, 9.17) is 16.3 Å². The fourth-order valence-electron chi connectivity index (χ4n) is 5.91. The van der Waals surface area contributed by atoms with Gasteiger partial charge in [-0.2, -0.15) is 0 Å². The van der Waals surface area contributed by atoms with Gasteiger partial charge >= 0.3 is 5.97 Å². The summed E-state index contributed by atoms with van der Waals surface area (Å²) >= 11 is 7.96. The van der Waals surface area contributed by atoms with E-state index < -0.39 is 34.6 Å². The van der Waals surface area contributed by atoms with Gasteiger partial charge in [0.15, 0.2) is 0 Å². The second-order valence-electron chi connectivity index (χ2n) is 9.77. The molecule has 1 aromatic carbocycles. The molecule has 1 N–H and O–H groups in total. The van der Waals surface area contributed by atoms with Crippen molar-refractivity contribution in [3.8, 4) is 0 Å². The van der Waals surface area contributed by atoms with Gasteiger partial charge in [0, 0.05) is 11.8 Å². The van der Waals surface area contributed by atoms with Crippen molar-refractivity contribution < 1.29 is 24.2 Å². The molecule has 9 heteroatoms. The lowest BCUT2D eigenvalue weighted by Crippen LogP contribution is -2.57. The highest BCUT2D eigenvalue weighted by Crippen LogP contribution is 2.61. The number of aliphatic hydroxyl groups excluding tert-OH is 1. The number of esters is 1. The summed E-state index contributed by atoms with van der Waals surface area (Å²) < 4.78 is 4.54. The largest absolute Gasteiger partial charge is 0.465 e. The van der Waals surface area contributed by atoms with Crippen LogP contribution in [0.2, 0.25) is 5.02 Å². The third-order valence-electron chi connectivity index (χ3n) is 7.52. The number of carbonyl (C=O) groups excluding carboxylic acids is 3. The second kappa shape index (κ2) is 9.30. The first-order chi connectivity index (χ1) is 16.8. The summed E-state index contributed by atoms with van der Waals surface area (Å²) in [6, 6.07) is 5.66. The van der Waals surface area contributed by atoms with Crippen molar-refractivity contribution in [1.29, 1.82) is 0 Å². The predicted octanol–water partition coefficient (Wildman–Crippen LogP) is 3.06. The topological polar surface area (TPSA) is 87.2 Å². The minimum absolute atomic E-state index is 0.0985. The van der Waals surface area contributed by atoms with Crippen molar-refractivity contribution in [2.75, 3.05) is 24.7 Å². The van der Waals surface area contributed by atoms with E-state index in [1.165, 1.54) is 11.8 Å².